The minimum Gasteiger partial charge on any atom is -0.507 e. The van der Waals surface area contributed by atoms with Gasteiger partial charge in [-0.2, -0.15) is 0 Å². The van der Waals surface area contributed by atoms with Crippen molar-refractivity contribution < 1.29 is 14.7 Å². The highest BCUT2D eigenvalue weighted by Crippen LogP contribution is 2.25. The molecule has 0 saturated carbocycles. The molecule has 6 heteroatoms. The maximum atomic E-state index is 12.5. The standard InChI is InChI=1S/C18H17BrN2O3/c19-15-7-6-14(12-16(15)22)18(24)21-10-8-20(9-11-21)17(23)13-4-2-1-3-5-13/h1-7,12,22H,8-11H2. The molecule has 5 nitrogen and oxygen atoms in total. The van der Waals surface area contributed by atoms with Gasteiger partial charge in [0, 0.05) is 37.3 Å². The van der Waals surface area contributed by atoms with E-state index in [1.165, 1.54) is 6.07 Å². The molecular formula is C18H17BrN2O3. The number of carbonyl (C=O) groups is 2. The molecule has 1 saturated heterocycles. The van der Waals surface area contributed by atoms with Crippen molar-refractivity contribution in [1.29, 1.82) is 0 Å². The van der Waals surface area contributed by atoms with Crippen LogP contribution < -0.4 is 0 Å². The predicted molar refractivity (Wildman–Crippen MR) is 94.1 cm³/mol. The smallest absolute Gasteiger partial charge is 0.254 e. The Bertz CT molecular complexity index is 756. The quantitative estimate of drug-likeness (QED) is 0.860. The SMILES string of the molecule is O=C(c1ccccc1)N1CCN(C(=O)c2ccc(Br)c(O)c2)CC1. The van der Waals surface area contributed by atoms with Gasteiger partial charge in [-0.3, -0.25) is 9.59 Å². The first-order valence-electron chi connectivity index (χ1n) is 7.68. The van der Waals surface area contributed by atoms with Crippen molar-refractivity contribution in [3.63, 3.8) is 0 Å². The Labute approximate surface area is 148 Å². The van der Waals surface area contributed by atoms with Gasteiger partial charge < -0.3 is 14.9 Å². The number of piperazine rings is 1. The molecule has 0 atom stereocenters. The van der Waals surface area contributed by atoms with E-state index in [2.05, 4.69) is 15.9 Å². The third-order valence-corrected chi connectivity index (χ3v) is 4.74. The van der Waals surface area contributed by atoms with Crippen LogP contribution in [0.1, 0.15) is 20.7 Å². The van der Waals surface area contributed by atoms with E-state index in [4.69, 9.17) is 0 Å². The van der Waals surface area contributed by atoms with Gasteiger partial charge in [-0.05, 0) is 46.3 Å². The number of carbonyl (C=O) groups excluding carboxylic acids is 2. The molecule has 1 fully saturated rings. The molecule has 1 aliphatic rings. The second kappa shape index (κ2) is 7.05. The summed E-state index contributed by atoms with van der Waals surface area (Å²) in [6.45, 7) is 1.96. The topological polar surface area (TPSA) is 60.9 Å². The fourth-order valence-corrected chi connectivity index (χ4v) is 2.95. The molecule has 2 aromatic rings. The lowest BCUT2D eigenvalue weighted by Gasteiger charge is -2.35. The number of hydrogen-bond donors (Lipinski definition) is 1. The number of benzene rings is 2. The zero-order chi connectivity index (χ0) is 17.1. The van der Waals surface area contributed by atoms with Crippen LogP contribution in [-0.2, 0) is 0 Å². The second-order valence-corrected chi connectivity index (χ2v) is 6.47. The molecule has 2 amide bonds. The lowest BCUT2D eigenvalue weighted by Crippen LogP contribution is -2.50. The Morgan fingerprint density at radius 3 is 1.92 bits per heavy atom. The van der Waals surface area contributed by atoms with Gasteiger partial charge >= 0.3 is 0 Å². The zero-order valence-electron chi connectivity index (χ0n) is 13.0. The first-order valence-corrected chi connectivity index (χ1v) is 8.47. The highest BCUT2D eigenvalue weighted by Gasteiger charge is 2.25. The van der Waals surface area contributed by atoms with Crippen molar-refractivity contribution in [3.8, 4) is 5.75 Å². The third kappa shape index (κ3) is 3.43. The zero-order valence-corrected chi connectivity index (χ0v) is 14.6. The van der Waals surface area contributed by atoms with Gasteiger partial charge in [-0.15, -0.1) is 0 Å². The molecule has 1 N–H and O–H groups in total. The molecule has 0 unspecified atom stereocenters. The first kappa shape index (κ1) is 16.5. The summed E-state index contributed by atoms with van der Waals surface area (Å²) in [6.07, 6.45) is 0. The number of hydrogen-bond acceptors (Lipinski definition) is 3. The molecule has 0 aliphatic carbocycles. The number of rotatable bonds is 2. The van der Waals surface area contributed by atoms with Crippen molar-refractivity contribution in [2.45, 2.75) is 0 Å². The second-order valence-electron chi connectivity index (χ2n) is 5.62. The molecule has 0 spiro atoms. The van der Waals surface area contributed by atoms with Crippen molar-refractivity contribution in [1.82, 2.24) is 9.80 Å². The lowest BCUT2D eigenvalue weighted by atomic mass is 10.1. The maximum absolute atomic E-state index is 12.5. The van der Waals surface area contributed by atoms with Gasteiger partial charge in [-0.1, -0.05) is 18.2 Å². The summed E-state index contributed by atoms with van der Waals surface area (Å²) in [6, 6.07) is 13.9. The summed E-state index contributed by atoms with van der Waals surface area (Å²) < 4.78 is 0.553. The summed E-state index contributed by atoms with van der Waals surface area (Å²) in [5.41, 5.74) is 1.11. The molecule has 2 aromatic carbocycles. The van der Waals surface area contributed by atoms with Crippen LogP contribution in [-0.4, -0.2) is 52.9 Å². The van der Waals surface area contributed by atoms with Gasteiger partial charge in [0.2, 0.25) is 0 Å². The minimum absolute atomic E-state index is 0.0102. The highest BCUT2D eigenvalue weighted by molar-refractivity contribution is 9.10. The third-order valence-electron chi connectivity index (χ3n) is 4.07. The van der Waals surface area contributed by atoms with Crippen molar-refractivity contribution in [2.24, 2.45) is 0 Å². The monoisotopic (exact) mass is 388 g/mol. The van der Waals surface area contributed by atoms with E-state index in [-0.39, 0.29) is 17.6 Å². The summed E-state index contributed by atoms with van der Waals surface area (Å²) >= 11 is 3.20. The summed E-state index contributed by atoms with van der Waals surface area (Å²) in [5, 5.41) is 9.72. The van der Waals surface area contributed by atoms with E-state index < -0.39 is 0 Å². The van der Waals surface area contributed by atoms with Gasteiger partial charge in [0.15, 0.2) is 0 Å². The van der Waals surface area contributed by atoms with E-state index in [1.807, 2.05) is 18.2 Å². The van der Waals surface area contributed by atoms with E-state index in [1.54, 1.807) is 34.1 Å². The number of nitrogens with zero attached hydrogens (tertiary/aromatic N) is 2. The molecule has 0 radical (unpaired) electrons. The van der Waals surface area contributed by atoms with Crippen LogP contribution >= 0.6 is 15.9 Å². The van der Waals surface area contributed by atoms with Gasteiger partial charge in [-0.25, -0.2) is 0 Å². The Kier molecular flexibility index (Phi) is 4.85. The molecule has 1 aliphatic heterocycles. The normalized spacial score (nSPS) is 14.5. The van der Waals surface area contributed by atoms with Crippen molar-refractivity contribution >= 4 is 27.7 Å². The molecular weight excluding hydrogens is 372 g/mol. The Morgan fingerprint density at radius 1 is 0.833 bits per heavy atom. The van der Waals surface area contributed by atoms with E-state index >= 15 is 0 Å². The van der Waals surface area contributed by atoms with Crippen LogP contribution in [0.2, 0.25) is 0 Å². The summed E-state index contributed by atoms with van der Waals surface area (Å²) in [5.74, 6) is -0.104. The van der Waals surface area contributed by atoms with Crippen LogP contribution in [0.3, 0.4) is 0 Å². The molecule has 0 bridgehead atoms. The van der Waals surface area contributed by atoms with E-state index in [9.17, 15) is 14.7 Å². The van der Waals surface area contributed by atoms with E-state index in [0.29, 0.717) is 41.8 Å². The van der Waals surface area contributed by atoms with Crippen LogP contribution in [0, 0.1) is 0 Å². The highest BCUT2D eigenvalue weighted by atomic mass is 79.9. The van der Waals surface area contributed by atoms with Crippen LogP contribution in [0.15, 0.2) is 53.0 Å². The molecule has 3 rings (SSSR count). The summed E-state index contributed by atoms with van der Waals surface area (Å²) in [4.78, 5) is 28.4. The molecule has 124 valence electrons. The van der Waals surface area contributed by atoms with Crippen molar-refractivity contribution in [3.05, 3.63) is 64.1 Å². The Hall–Kier alpha value is -2.34. The molecule has 1 heterocycles. The fraction of sp³-hybridized carbons (Fsp3) is 0.222. The number of halogens is 1. The molecule has 24 heavy (non-hydrogen) atoms. The predicted octanol–water partition coefficient (Wildman–Crippen LogP) is 2.75. The van der Waals surface area contributed by atoms with Crippen LogP contribution in [0.5, 0.6) is 5.75 Å². The number of phenolic OH excluding ortho intramolecular Hbond substituents is 1. The minimum atomic E-state index is -0.135. The Morgan fingerprint density at radius 2 is 1.38 bits per heavy atom. The van der Waals surface area contributed by atoms with E-state index in [0.717, 1.165) is 0 Å². The number of aromatic hydroxyl groups is 1. The van der Waals surface area contributed by atoms with Crippen molar-refractivity contribution in [2.75, 3.05) is 26.2 Å². The average molecular weight is 389 g/mol. The van der Waals surface area contributed by atoms with Crippen LogP contribution in [0.25, 0.3) is 0 Å². The maximum Gasteiger partial charge on any atom is 0.254 e. The first-order chi connectivity index (χ1) is 11.6. The van der Waals surface area contributed by atoms with Gasteiger partial charge in [0.05, 0.1) is 4.47 Å². The fourth-order valence-electron chi connectivity index (χ4n) is 2.70. The molecule has 0 aromatic heterocycles. The summed E-state index contributed by atoms with van der Waals surface area (Å²) in [7, 11) is 0. The Balaban J connectivity index is 1.63. The van der Waals surface area contributed by atoms with Crippen LogP contribution in [0.4, 0.5) is 0 Å². The lowest BCUT2D eigenvalue weighted by molar-refractivity contribution is 0.0535. The van der Waals surface area contributed by atoms with Gasteiger partial charge in [0.25, 0.3) is 11.8 Å². The van der Waals surface area contributed by atoms with Gasteiger partial charge in [0.1, 0.15) is 5.75 Å². The number of phenols is 1. The number of amides is 2. The average Bonchev–Trinajstić information content (AvgIpc) is 2.63. The largest absolute Gasteiger partial charge is 0.507 e.